The van der Waals surface area contributed by atoms with Gasteiger partial charge in [0, 0.05) is 30.2 Å². The summed E-state index contributed by atoms with van der Waals surface area (Å²) in [5.41, 5.74) is 1.05. The van der Waals surface area contributed by atoms with Crippen molar-refractivity contribution in [2.75, 3.05) is 20.3 Å². The van der Waals surface area contributed by atoms with Gasteiger partial charge in [0.1, 0.15) is 17.5 Å². The molecule has 2 atom stereocenters. The van der Waals surface area contributed by atoms with Crippen molar-refractivity contribution in [1.29, 1.82) is 0 Å². The van der Waals surface area contributed by atoms with Crippen LogP contribution in [0.2, 0.25) is 18.1 Å². The molecular formula is C33H44N2O9Si. The van der Waals surface area contributed by atoms with E-state index in [1.54, 1.807) is 19.1 Å². The molecule has 1 N–H and O–H groups in total. The molecule has 244 valence electrons. The molecule has 1 heterocycles. The number of amides is 1. The third-order valence-corrected chi connectivity index (χ3v) is 12.4. The number of methoxy groups -OCH3 is 1. The van der Waals surface area contributed by atoms with Gasteiger partial charge in [-0.15, -0.1) is 0 Å². The standard InChI is InChI=1S/C33H44N2O9Si/c1-10-23-15-24(18-36)26(16-28(23)40-7)25-13-14-27(30(37)34-17-22-11-12-22)35-29(25)31(38)43-21(3)44-32(39)42-20(2)19-41-45(8,9)33(4,5)6/h10,13-16,18,20-22H,1,11-12,17,19H2,2-9H3,(H,34,37). The number of rotatable bonds is 14. The molecule has 0 aliphatic heterocycles. The van der Waals surface area contributed by atoms with Gasteiger partial charge in [-0.1, -0.05) is 33.4 Å². The van der Waals surface area contributed by atoms with Gasteiger partial charge in [-0.3, -0.25) is 9.59 Å². The van der Waals surface area contributed by atoms with E-state index < -0.39 is 38.7 Å². The Bertz CT molecular complexity index is 1430. The number of carbonyl (C=O) groups excluding carboxylic acids is 4. The molecule has 1 amide bonds. The molecule has 0 radical (unpaired) electrons. The van der Waals surface area contributed by atoms with Crippen molar-refractivity contribution in [2.45, 2.75) is 78.0 Å². The second-order valence-electron chi connectivity index (χ2n) is 12.6. The van der Waals surface area contributed by atoms with Crippen molar-refractivity contribution >= 4 is 38.7 Å². The van der Waals surface area contributed by atoms with Gasteiger partial charge in [0.25, 0.3) is 5.91 Å². The number of benzene rings is 1. The van der Waals surface area contributed by atoms with Crippen LogP contribution in [-0.2, 0) is 18.6 Å². The molecule has 0 saturated heterocycles. The van der Waals surface area contributed by atoms with Gasteiger partial charge >= 0.3 is 12.1 Å². The van der Waals surface area contributed by atoms with Crippen molar-refractivity contribution in [3.8, 4) is 16.9 Å². The SMILES string of the molecule is C=Cc1cc(C=O)c(-c2ccc(C(=O)NCC3CC3)nc2C(=O)OC(C)OC(=O)OC(C)CO[Si](C)(C)C(C)(C)C)cc1OC. The molecule has 0 spiro atoms. The first-order chi connectivity index (χ1) is 21.1. The minimum Gasteiger partial charge on any atom is -0.496 e. The zero-order valence-electron chi connectivity index (χ0n) is 27.4. The summed E-state index contributed by atoms with van der Waals surface area (Å²) in [5.74, 6) is -0.607. The average molecular weight is 641 g/mol. The third-order valence-electron chi connectivity index (χ3n) is 7.93. The minimum atomic E-state index is -2.05. The van der Waals surface area contributed by atoms with E-state index in [0.717, 1.165) is 12.8 Å². The van der Waals surface area contributed by atoms with Crippen molar-refractivity contribution in [1.82, 2.24) is 10.3 Å². The molecule has 11 nitrogen and oxygen atoms in total. The van der Waals surface area contributed by atoms with Crippen molar-refractivity contribution < 1.29 is 42.6 Å². The van der Waals surface area contributed by atoms with Crippen LogP contribution in [0.4, 0.5) is 4.79 Å². The first-order valence-corrected chi connectivity index (χ1v) is 17.8. The van der Waals surface area contributed by atoms with Gasteiger partial charge in [-0.05, 0) is 73.6 Å². The Morgan fingerprint density at radius 1 is 1.07 bits per heavy atom. The number of ether oxygens (including phenoxy) is 4. The number of nitrogens with zero attached hydrogens (tertiary/aromatic N) is 1. The first-order valence-electron chi connectivity index (χ1n) is 14.9. The molecule has 3 rings (SSSR count). The number of hydrogen-bond acceptors (Lipinski definition) is 10. The fourth-order valence-corrected chi connectivity index (χ4v) is 5.11. The van der Waals surface area contributed by atoms with Crippen LogP contribution in [0.3, 0.4) is 0 Å². The van der Waals surface area contributed by atoms with Gasteiger partial charge in [0.05, 0.1) is 13.7 Å². The van der Waals surface area contributed by atoms with Crippen LogP contribution in [0.5, 0.6) is 5.75 Å². The Hall–Kier alpha value is -4.03. The van der Waals surface area contributed by atoms with E-state index in [2.05, 4.69) is 50.7 Å². The largest absolute Gasteiger partial charge is 0.511 e. The highest BCUT2D eigenvalue weighted by Gasteiger charge is 2.37. The summed E-state index contributed by atoms with van der Waals surface area (Å²) >= 11 is 0. The molecule has 45 heavy (non-hydrogen) atoms. The van der Waals surface area contributed by atoms with E-state index in [-0.39, 0.29) is 34.2 Å². The van der Waals surface area contributed by atoms with Crippen LogP contribution >= 0.6 is 0 Å². The Morgan fingerprint density at radius 3 is 2.33 bits per heavy atom. The molecule has 1 aliphatic rings. The normalized spacial score (nSPS) is 14.5. The van der Waals surface area contributed by atoms with Crippen molar-refractivity contribution in [3.05, 3.63) is 53.4 Å². The van der Waals surface area contributed by atoms with Gasteiger partial charge in [0.15, 0.2) is 20.3 Å². The van der Waals surface area contributed by atoms with Gasteiger partial charge < -0.3 is 28.7 Å². The van der Waals surface area contributed by atoms with Crippen LogP contribution in [-0.4, -0.2) is 70.3 Å². The molecule has 1 aliphatic carbocycles. The van der Waals surface area contributed by atoms with Crippen LogP contribution in [0.15, 0.2) is 30.8 Å². The number of nitrogens with one attached hydrogen (secondary N) is 1. The predicted octanol–water partition coefficient (Wildman–Crippen LogP) is 6.42. The van der Waals surface area contributed by atoms with Crippen molar-refractivity contribution in [2.24, 2.45) is 5.92 Å². The quantitative estimate of drug-likeness (QED) is 0.106. The molecule has 2 aromatic rings. The molecule has 1 fully saturated rings. The summed E-state index contributed by atoms with van der Waals surface area (Å²) in [6.45, 7) is 18.0. The summed E-state index contributed by atoms with van der Waals surface area (Å²) in [5, 5.41) is 2.81. The Morgan fingerprint density at radius 2 is 1.76 bits per heavy atom. The van der Waals surface area contributed by atoms with Crippen LogP contribution in [0.1, 0.15) is 84.4 Å². The highest BCUT2D eigenvalue weighted by molar-refractivity contribution is 6.74. The van der Waals surface area contributed by atoms with E-state index in [9.17, 15) is 19.2 Å². The number of esters is 1. The summed E-state index contributed by atoms with van der Waals surface area (Å²) in [7, 11) is -0.590. The zero-order valence-corrected chi connectivity index (χ0v) is 28.4. The Labute approximate surface area is 265 Å². The van der Waals surface area contributed by atoms with E-state index in [0.29, 0.717) is 35.6 Å². The Kier molecular flexibility index (Phi) is 11.7. The number of carbonyl (C=O) groups is 4. The van der Waals surface area contributed by atoms with Crippen LogP contribution in [0, 0.1) is 5.92 Å². The zero-order chi connectivity index (χ0) is 33.5. The molecule has 1 aromatic heterocycles. The fourth-order valence-electron chi connectivity index (χ4n) is 4.02. The van der Waals surface area contributed by atoms with Crippen LogP contribution in [0.25, 0.3) is 17.2 Å². The lowest BCUT2D eigenvalue weighted by Crippen LogP contribution is -2.42. The summed E-state index contributed by atoms with van der Waals surface area (Å²) in [6, 6.07) is 6.11. The van der Waals surface area contributed by atoms with Crippen molar-refractivity contribution in [3.63, 3.8) is 0 Å². The maximum atomic E-state index is 13.5. The van der Waals surface area contributed by atoms with Gasteiger partial charge in [0.2, 0.25) is 6.29 Å². The highest BCUT2D eigenvalue weighted by atomic mass is 28.4. The maximum absolute atomic E-state index is 13.5. The van der Waals surface area contributed by atoms with E-state index in [4.69, 9.17) is 23.4 Å². The average Bonchev–Trinajstić information content (AvgIpc) is 3.81. The number of hydrogen-bond donors (Lipinski definition) is 1. The van der Waals surface area contributed by atoms with E-state index >= 15 is 0 Å². The molecule has 2 unspecified atom stereocenters. The van der Waals surface area contributed by atoms with Crippen LogP contribution < -0.4 is 10.1 Å². The topological polar surface area (TPSA) is 139 Å². The number of aromatic nitrogens is 1. The van der Waals surface area contributed by atoms with E-state index in [1.165, 1.54) is 32.2 Å². The maximum Gasteiger partial charge on any atom is 0.511 e. The number of aldehydes is 1. The smallest absolute Gasteiger partial charge is 0.496 e. The van der Waals surface area contributed by atoms with Gasteiger partial charge in [-0.2, -0.15) is 0 Å². The summed E-state index contributed by atoms with van der Waals surface area (Å²) in [4.78, 5) is 55.2. The second-order valence-corrected chi connectivity index (χ2v) is 17.4. The minimum absolute atomic E-state index is 0.0106. The molecule has 12 heteroatoms. The Balaban J connectivity index is 1.82. The molecular weight excluding hydrogens is 596 g/mol. The third kappa shape index (κ3) is 9.48. The van der Waals surface area contributed by atoms with E-state index in [1.807, 2.05) is 0 Å². The lowest BCUT2D eigenvalue weighted by Gasteiger charge is -2.36. The fraction of sp³-hybridized carbons (Fsp3) is 0.485. The lowest BCUT2D eigenvalue weighted by molar-refractivity contribution is -0.0908. The first kappa shape index (κ1) is 35.4. The monoisotopic (exact) mass is 640 g/mol. The molecule has 1 aromatic carbocycles. The molecule has 1 saturated carbocycles. The summed E-state index contributed by atoms with van der Waals surface area (Å²) < 4.78 is 27.4. The molecule has 0 bridgehead atoms. The second kappa shape index (κ2) is 14.8. The summed E-state index contributed by atoms with van der Waals surface area (Å²) in [6.07, 6.45) is 1.23. The number of pyridine rings is 1. The van der Waals surface area contributed by atoms with Gasteiger partial charge in [-0.25, -0.2) is 14.6 Å². The predicted molar refractivity (Wildman–Crippen MR) is 172 cm³/mol. The lowest BCUT2D eigenvalue weighted by atomic mass is 9.95. The highest BCUT2D eigenvalue weighted by Crippen LogP contribution is 2.37.